The molecule has 2 unspecified atom stereocenters. The van der Waals surface area contributed by atoms with Crippen molar-refractivity contribution >= 4 is 11.8 Å². The third kappa shape index (κ3) is 4.80. The van der Waals surface area contributed by atoms with Crippen LogP contribution in [0.3, 0.4) is 0 Å². The van der Waals surface area contributed by atoms with E-state index < -0.39 is 0 Å². The zero-order chi connectivity index (χ0) is 13.7. The Morgan fingerprint density at radius 1 is 1.26 bits per heavy atom. The van der Waals surface area contributed by atoms with E-state index in [0.29, 0.717) is 12.0 Å². The summed E-state index contributed by atoms with van der Waals surface area (Å²) >= 11 is 1.85. The van der Waals surface area contributed by atoms with Crippen molar-refractivity contribution in [2.45, 2.75) is 57.8 Å². The molecule has 2 rings (SSSR count). The maximum absolute atomic E-state index is 5.73. The van der Waals surface area contributed by atoms with Gasteiger partial charge in [0.15, 0.2) is 0 Å². The summed E-state index contributed by atoms with van der Waals surface area (Å²) in [5, 5.41) is 8.51. The van der Waals surface area contributed by atoms with E-state index in [1.807, 2.05) is 11.8 Å². The van der Waals surface area contributed by atoms with Crippen molar-refractivity contribution in [1.29, 1.82) is 0 Å². The molecule has 1 aromatic rings. The first-order valence-electron chi connectivity index (χ1n) is 7.20. The van der Waals surface area contributed by atoms with Gasteiger partial charge < -0.3 is 9.15 Å². The summed E-state index contributed by atoms with van der Waals surface area (Å²) in [6, 6.07) is 0. The van der Waals surface area contributed by atoms with Gasteiger partial charge in [-0.25, -0.2) is 0 Å². The highest BCUT2D eigenvalue weighted by molar-refractivity contribution is 7.99. The number of thioether (sulfide) groups is 1. The summed E-state index contributed by atoms with van der Waals surface area (Å²) in [4.78, 5) is 0. The molecule has 0 aromatic carbocycles. The van der Waals surface area contributed by atoms with Crippen LogP contribution in [0.25, 0.3) is 0 Å². The van der Waals surface area contributed by atoms with Crippen molar-refractivity contribution in [2.75, 3.05) is 12.4 Å². The molecule has 1 aliphatic rings. The SMILES string of the molecule is CC(C)Cc1nnc(C(C)SCC2CCCCO2)o1. The fourth-order valence-corrected chi connectivity index (χ4v) is 3.13. The van der Waals surface area contributed by atoms with Gasteiger partial charge in [0.25, 0.3) is 0 Å². The van der Waals surface area contributed by atoms with E-state index in [9.17, 15) is 0 Å². The van der Waals surface area contributed by atoms with Crippen LogP contribution in [0.1, 0.15) is 57.1 Å². The average molecular weight is 284 g/mol. The van der Waals surface area contributed by atoms with E-state index in [2.05, 4.69) is 31.0 Å². The van der Waals surface area contributed by atoms with Crippen molar-refractivity contribution in [1.82, 2.24) is 10.2 Å². The van der Waals surface area contributed by atoms with Crippen molar-refractivity contribution < 1.29 is 9.15 Å². The second-order valence-corrected chi connectivity index (χ2v) is 6.97. The van der Waals surface area contributed by atoms with Gasteiger partial charge in [-0.1, -0.05) is 13.8 Å². The van der Waals surface area contributed by atoms with E-state index in [-0.39, 0.29) is 5.25 Å². The maximum Gasteiger partial charge on any atom is 0.229 e. The molecule has 2 heterocycles. The number of nitrogens with zero attached hydrogens (tertiary/aromatic N) is 2. The molecule has 19 heavy (non-hydrogen) atoms. The van der Waals surface area contributed by atoms with Crippen LogP contribution in [0.5, 0.6) is 0 Å². The molecule has 5 heteroatoms. The van der Waals surface area contributed by atoms with Gasteiger partial charge in [-0.3, -0.25) is 0 Å². The Labute approximate surface area is 119 Å². The highest BCUT2D eigenvalue weighted by Crippen LogP contribution is 2.30. The van der Waals surface area contributed by atoms with Gasteiger partial charge in [-0.15, -0.1) is 22.0 Å². The second-order valence-electron chi connectivity index (χ2n) is 5.60. The molecule has 1 aromatic heterocycles. The fraction of sp³-hybridized carbons (Fsp3) is 0.857. The molecular formula is C14H24N2O2S. The third-order valence-electron chi connectivity index (χ3n) is 3.22. The minimum atomic E-state index is 0.249. The first kappa shape index (κ1) is 14.9. The van der Waals surface area contributed by atoms with E-state index in [1.165, 1.54) is 19.3 Å². The molecule has 0 saturated carbocycles. The molecule has 4 nitrogen and oxygen atoms in total. The van der Waals surface area contributed by atoms with Gasteiger partial charge in [0.05, 0.1) is 11.4 Å². The summed E-state index contributed by atoms with van der Waals surface area (Å²) < 4.78 is 11.4. The van der Waals surface area contributed by atoms with Gasteiger partial charge in [0.1, 0.15) is 0 Å². The summed E-state index contributed by atoms with van der Waals surface area (Å²) in [6.45, 7) is 7.35. The predicted octanol–water partition coefficient (Wildman–Crippen LogP) is 3.63. The van der Waals surface area contributed by atoms with Gasteiger partial charge >= 0.3 is 0 Å². The molecule has 108 valence electrons. The smallest absolute Gasteiger partial charge is 0.229 e. The Balaban J connectivity index is 1.78. The Bertz CT molecular complexity index is 375. The average Bonchev–Trinajstić information content (AvgIpc) is 2.85. The van der Waals surface area contributed by atoms with E-state index in [4.69, 9.17) is 9.15 Å². The minimum Gasteiger partial charge on any atom is -0.424 e. The normalized spacial score (nSPS) is 21.8. The van der Waals surface area contributed by atoms with Crippen molar-refractivity contribution in [3.8, 4) is 0 Å². The van der Waals surface area contributed by atoms with E-state index in [0.717, 1.165) is 30.6 Å². The number of hydrogen-bond donors (Lipinski definition) is 0. The van der Waals surface area contributed by atoms with Gasteiger partial charge in [0.2, 0.25) is 11.8 Å². The summed E-state index contributed by atoms with van der Waals surface area (Å²) in [7, 11) is 0. The lowest BCUT2D eigenvalue weighted by Gasteiger charge is -2.22. The monoisotopic (exact) mass is 284 g/mol. The van der Waals surface area contributed by atoms with Crippen molar-refractivity contribution in [2.24, 2.45) is 5.92 Å². The minimum absolute atomic E-state index is 0.249. The number of aromatic nitrogens is 2. The van der Waals surface area contributed by atoms with Crippen molar-refractivity contribution in [3.63, 3.8) is 0 Å². The fourth-order valence-electron chi connectivity index (χ4n) is 2.12. The molecule has 1 fully saturated rings. The molecule has 0 bridgehead atoms. The lowest BCUT2D eigenvalue weighted by Crippen LogP contribution is -2.21. The van der Waals surface area contributed by atoms with Crippen LogP contribution >= 0.6 is 11.8 Å². The van der Waals surface area contributed by atoms with Crippen LogP contribution in [-0.2, 0) is 11.2 Å². The molecule has 1 saturated heterocycles. The first-order valence-corrected chi connectivity index (χ1v) is 8.25. The van der Waals surface area contributed by atoms with Gasteiger partial charge in [0, 0.05) is 18.8 Å². The molecular weight excluding hydrogens is 260 g/mol. The standard InChI is InChI=1S/C14H24N2O2S/c1-10(2)8-13-15-16-14(18-13)11(3)19-9-12-6-4-5-7-17-12/h10-12H,4-9H2,1-3H3. The Morgan fingerprint density at radius 3 is 2.79 bits per heavy atom. The van der Waals surface area contributed by atoms with Crippen LogP contribution in [0.15, 0.2) is 4.42 Å². The lowest BCUT2D eigenvalue weighted by molar-refractivity contribution is 0.0315. The molecule has 0 N–H and O–H groups in total. The van der Waals surface area contributed by atoms with E-state index in [1.54, 1.807) is 0 Å². The summed E-state index contributed by atoms with van der Waals surface area (Å²) in [6.07, 6.45) is 4.94. The molecule has 0 aliphatic carbocycles. The third-order valence-corrected chi connectivity index (χ3v) is 4.49. The summed E-state index contributed by atoms with van der Waals surface area (Å²) in [5.74, 6) is 3.07. The summed E-state index contributed by atoms with van der Waals surface area (Å²) in [5.41, 5.74) is 0. The number of hydrogen-bond acceptors (Lipinski definition) is 5. The van der Waals surface area contributed by atoms with Crippen LogP contribution in [0, 0.1) is 5.92 Å². The molecule has 0 amide bonds. The quantitative estimate of drug-likeness (QED) is 0.798. The van der Waals surface area contributed by atoms with E-state index >= 15 is 0 Å². The number of ether oxygens (including phenoxy) is 1. The largest absolute Gasteiger partial charge is 0.424 e. The van der Waals surface area contributed by atoms with Gasteiger partial charge in [-0.2, -0.15) is 0 Å². The van der Waals surface area contributed by atoms with Crippen LogP contribution in [-0.4, -0.2) is 28.7 Å². The van der Waals surface area contributed by atoms with Crippen molar-refractivity contribution in [3.05, 3.63) is 11.8 Å². The number of rotatable bonds is 6. The Kier molecular flexibility index (Phi) is 5.70. The Morgan fingerprint density at radius 2 is 2.11 bits per heavy atom. The highest BCUT2D eigenvalue weighted by Gasteiger charge is 2.19. The molecule has 2 atom stereocenters. The first-order chi connectivity index (χ1) is 9.15. The van der Waals surface area contributed by atoms with Crippen LogP contribution in [0.4, 0.5) is 0 Å². The van der Waals surface area contributed by atoms with Crippen LogP contribution in [0.2, 0.25) is 0 Å². The van der Waals surface area contributed by atoms with Crippen LogP contribution < -0.4 is 0 Å². The highest BCUT2D eigenvalue weighted by atomic mass is 32.2. The topological polar surface area (TPSA) is 48.2 Å². The Hall–Kier alpha value is -0.550. The zero-order valence-corrected chi connectivity index (χ0v) is 12.9. The predicted molar refractivity (Wildman–Crippen MR) is 77.3 cm³/mol. The maximum atomic E-state index is 5.73. The molecule has 0 radical (unpaired) electrons. The second kappa shape index (κ2) is 7.29. The molecule has 1 aliphatic heterocycles. The molecule has 0 spiro atoms. The lowest BCUT2D eigenvalue weighted by atomic mass is 10.1. The van der Waals surface area contributed by atoms with Gasteiger partial charge in [-0.05, 0) is 32.1 Å². The zero-order valence-electron chi connectivity index (χ0n) is 12.1.